The van der Waals surface area contributed by atoms with Gasteiger partial charge in [0.15, 0.2) is 0 Å². The largest absolute Gasteiger partial charge is 0.472 e. The molecule has 1 aliphatic carbocycles. The average Bonchev–Trinajstić information content (AvgIpc) is 2.78. The second-order valence-electron chi connectivity index (χ2n) is 3.94. The van der Waals surface area contributed by atoms with Gasteiger partial charge >= 0.3 is 0 Å². The molecule has 1 heterocycles. The highest BCUT2D eigenvalue weighted by molar-refractivity contribution is 5.35. The number of hydrogen-bond donors (Lipinski definition) is 0. The first kappa shape index (κ1) is 9.53. The molecule has 0 radical (unpaired) electrons. The lowest BCUT2D eigenvalue weighted by atomic mass is 9.96. The maximum absolute atomic E-state index is 5.43. The lowest BCUT2D eigenvalue weighted by Gasteiger charge is -2.10. The van der Waals surface area contributed by atoms with Crippen molar-refractivity contribution in [1.29, 1.82) is 0 Å². The number of furan rings is 1. The van der Waals surface area contributed by atoms with Crippen LogP contribution in [0.15, 0.2) is 34.2 Å². The topological polar surface area (TPSA) is 22.4 Å². The molecular weight excluding hydrogens is 176 g/mol. The molecule has 2 atom stereocenters. The lowest BCUT2D eigenvalue weighted by Crippen LogP contribution is -2.08. The summed E-state index contributed by atoms with van der Waals surface area (Å²) >= 11 is 0. The number of ether oxygens (including phenoxy) is 1. The van der Waals surface area contributed by atoms with Crippen LogP contribution in [0.3, 0.4) is 0 Å². The predicted octanol–water partition coefficient (Wildman–Crippen LogP) is 3.12. The Morgan fingerprint density at radius 3 is 2.64 bits per heavy atom. The van der Waals surface area contributed by atoms with Gasteiger partial charge in [-0.05, 0) is 37.5 Å². The van der Waals surface area contributed by atoms with Gasteiger partial charge in [-0.3, -0.25) is 0 Å². The van der Waals surface area contributed by atoms with E-state index < -0.39 is 0 Å². The van der Waals surface area contributed by atoms with E-state index in [1.54, 1.807) is 13.4 Å². The maximum atomic E-state index is 5.43. The van der Waals surface area contributed by atoms with E-state index in [1.165, 1.54) is 16.7 Å². The van der Waals surface area contributed by atoms with Gasteiger partial charge in [0.05, 0.1) is 18.6 Å². The summed E-state index contributed by atoms with van der Waals surface area (Å²) in [4.78, 5) is 0. The van der Waals surface area contributed by atoms with Crippen molar-refractivity contribution in [3.8, 4) is 0 Å². The first-order valence-electron chi connectivity index (χ1n) is 4.96. The van der Waals surface area contributed by atoms with Gasteiger partial charge < -0.3 is 9.15 Å². The van der Waals surface area contributed by atoms with Crippen molar-refractivity contribution < 1.29 is 9.15 Å². The van der Waals surface area contributed by atoms with Gasteiger partial charge in [-0.2, -0.15) is 0 Å². The van der Waals surface area contributed by atoms with Crippen molar-refractivity contribution in [1.82, 2.24) is 0 Å². The zero-order valence-corrected chi connectivity index (χ0v) is 8.91. The summed E-state index contributed by atoms with van der Waals surface area (Å²) in [6, 6.07) is 2.04. The van der Waals surface area contributed by atoms with E-state index in [2.05, 4.69) is 13.8 Å². The van der Waals surface area contributed by atoms with Crippen molar-refractivity contribution in [2.45, 2.75) is 32.3 Å². The Balaban J connectivity index is 2.26. The molecule has 0 aliphatic heterocycles. The highest BCUT2D eigenvalue weighted by Crippen LogP contribution is 2.40. The molecule has 1 aliphatic rings. The molecule has 2 unspecified atom stereocenters. The van der Waals surface area contributed by atoms with E-state index >= 15 is 0 Å². The number of allylic oxidation sites excluding steroid dienone is 1. The molecule has 2 heteroatoms. The average molecular weight is 192 g/mol. The summed E-state index contributed by atoms with van der Waals surface area (Å²) in [5.41, 5.74) is 4.07. The van der Waals surface area contributed by atoms with Crippen molar-refractivity contribution >= 4 is 0 Å². The van der Waals surface area contributed by atoms with Gasteiger partial charge in [-0.15, -0.1) is 0 Å². The van der Waals surface area contributed by atoms with Crippen molar-refractivity contribution in [3.63, 3.8) is 0 Å². The predicted molar refractivity (Wildman–Crippen MR) is 55.2 cm³/mol. The zero-order chi connectivity index (χ0) is 10.1. The first-order chi connectivity index (χ1) is 6.74. The van der Waals surface area contributed by atoms with E-state index in [0.29, 0.717) is 5.92 Å². The summed E-state index contributed by atoms with van der Waals surface area (Å²) in [6.07, 6.45) is 4.90. The third kappa shape index (κ3) is 1.40. The maximum Gasteiger partial charge on any atom is 0.0940 e. The summed E-state index contributed by atoms with van der Waals surface area (Å²) in [5.74, 6) is 0.485. The van der Waals surface area contributed by atoms with Gasteiger partial charge in [0.25, 0.3) is 0 Å². The first-order valence-corrected chi connectivity index (χ1v) is 4.96. The van der Waals surface area contributed by atoms with Gasteiger partial charge in [-0.1, -0.05) is 5.57 Å². The standard InChI is InChI=1S/C12H16O2/c1-8-9(2)12(13-3)6-11(8)10-4-5-14-7-10/h4-5,7,11-12H,6H2,1-3H3. The van der Waals surface area contributed by atoms with Crippen LogP contribution >= 0.6 is 0 Å². The van der Waals surface area contributed by atoms with Crippen LogP contribution in [-0.4, -0.2) is 13.2 Å². The normalized spacial score (nSPS) is 27.4. The van der Waals surface area contributed by atoms with Crippen LogP contribution in [0.25, 0.3) is 0 Å². The molecule has 0 amide bonds. The molecule has 14 heavy (non-hydrogen) atoms. The molecular formula is C12H16O2. The molecule has 0 saturated carbocycles. The van der Waals surface area contributed by atoms with E-state index in [4.69, 9.17) is 9.15 Å². The highest BCUT2D eigenvalue weighted by atomic mass is 16.5. The molecule has 0 fully saturated rings. The number of hydrogen-bond acceptors (Lipinski definition) is 2. The minimum absolute atomic E-state index is 0.287. The molecule has 0 N–H and O–H groups in total. The van der Waals surface area contributed by atoms with Gasteiger partial charge in [0.2, 0.25) is 0 Å². The Morgan fingerprint density at radius 1 is 1.36 bits per heavy atom. The number of methoxy groups -OCH3 is 1. The molecule has 1 aromatic rings. The Morgan fingerprint density at radius 2 is 2.14 bits per heavy atom. The Bertz CT molecular complexity index is 335. The molecule has 0 saturated heterocycles. The molecule has 1 aromatic heterocycles. The van der Waals surface area contributed by atoms with Gasteiger partial charge in [0.1, 0.15) is 0 Å². The molecule has 2 rings (SSSR count). The summed E-state index contributed by atoms with van der Waals surface area (Å²) in [7, 11) is 1.78. The van der Waals surface area contributed by atoms with Crippen molar-refractivity contribution in [2.75, 3.05) is 7.11 Å². The second kappa shape index (κ2) is 3.62. The molecule has 0 bridgehead atoms. The fourth-order valence-corrected chi connectivity index (χ4v) is 2.23. The molecule has 0 spiro atoms. The van der Waals surface area contributed by atoms with Crippen LogP contribution in [0.2, 0.25) is 0 Å². The Labute approximate surface area is 84.6 Å². The minimum Gasteiger partial charge on any atom is -0.472 e. The van der Waals surface area contributed by atoms with Crippen LogP contribution in [-0.2, 0) is 4.74 Å². The van der Waals surface area contributed by atoms with Gasteiger partial charge in [-0.25, -0.2) is 0 Å². The zero-order valence-electron chi connectivity index (χ0n) is 8.91. The number of rotatable bonds is 2. The summed E-state index contributed by atoms with van der Waals surface area (Å²) in [5, 5.41) is 0. The quantitative estimate of drug-likeness (QED) is 0.672. The van der Waals surface area contributed by atoms with Crippen molar-refractivity contribution in [3.05, 3.63) is 35.3 Å². The van der Waals surface area contributed by atoms with Crippen LogP contribution in [0.5, 0.6) is 0 Å². The molecule has 76 valence electrons. The molecule has 2 nitrogen and oxygen atoms in total. The molecule has 0 aromatic carbocycles. The minimum atomic E-state index is 0.287. The van der Waals surface area contributed by atoms with E-state index in [0.717, 1.165) is 6.42 Å². The third-order valence-electron chi connectivity index (χ3n) is 3.31. The SMILES string of the molecule is COC1CC(c2ccoc2)C(C)=C1C. The monoisotopic (exact) mass is 192 g/mol. The van der Waals surface area contributed by atoms with E-state index in [1.807, 2.05) is 12.3 Å². The highest BCUT2D eigenvalue weighted by Gasteiger charge is 2.30. The van der Waals surface area contributed by atoms with Crippen LogP contribution in [0.4, 0.5) is 0 Å². The van der Waals surface area contributed by atoms with Crippen LogP contribution < -0.4 is 0 Å². The lowest BCUT2D eigenvalue weighted by molar-refractivity contribution is 0.129. The fourth-order valence-electron chi connectivity index (χ4n) is 2.23. The third-order valence-corrected chi connectivity index (χ3v) is 3.31. The van der Waals surface area contributed by atoms with Crippen LogP contribution in [0, 0.1) is 0 Å². The smallest absolute Gasteiger partial charge is 0.0940 e. The Kier molecular flexibility index (Phi) is 2.46. The Hall–Kier alpha value is -1.02. The fraction of sp³-hybridized carbons (Fsp3) is 0.500. The summed E-state index contributed by atoms with van der Waals surface area (Å²) in [6.45, 7) is 4.34. The summed E-state index contributed by atoms with van der Waals surface area (Å²) < 4.78 is 10.5. The van der Waals surface area contributed by atoms with E-state index in [9.17, 15) is 0 Å². The van der Waals surface area contributed by atoms with Gasteiger partial charge in [0, 0.05) is 13.0 Å². The van der Waals surface area contributed by atoms with Crippen molar-refractivity contribution in [2.24, 2.45) is 0 Å². The van der Waals surface area contributed by atoms with Crippen LogP contribution in [0.1, 0.15) is 31.7 Å². The second-order valence-corrected chi connectivity index (χ2v) is 3.94. The van der Waals surface area contributed by atoms with E-state index in [-0.39, 0.29) is 6.10 Å².